The third-order valence-corrected chi connectivity index (χ3v) is 7.82. The van der Waals surface area contributed by atoms with E-state index in [1.165, 1.54) is 6.33 Å². The number of carbonyl (C=O) groups is 1. The largest absolute Gasteiger partial charge is 0.365 e. The molecule has 32 heavy (non-hydrogen) atoms. The summed E-state index contributed by atoms with van der Waals surface area (Å²) in [5, 5.41) is 13.2. The summed E-state index contributed by atoms with van der Waals surface area (Å²) in [7, 11) is 0. The topological polar surface area (TPSA) is 100 Å². The van der Waals surface area contributed by atoms with Gasteiger partial charge in [0.05, 0.1) is 47.3 Å². The molecule has 4 aliphatic heterocycles. The minimum atomic E-state index is -0.599. The van der Waals surface area contributed by atoms with Crippen molar-refractivity contribution in [1.82, 2.24) is 9.97 Å². The number of nitrogens with one attached hydrogen (secondary N) is 1. The monoisotopic (exact) mass is 451 g/mol. The van der Waals surface area contributed by atoms with Gasteiger partial charge >= 0.3 is 0 Å². The first kappa shape index (κ1) is 19.9. The predicted molar refractivity (Wildman–Crippen MR) is 116 cm³/mol. The van der Waals surface area contributed by atoms with Gasteiger partial charge in [0.25, 0.3) is 0 Å². The number of benzene rings is 1. The summed E-state index contributed by atoms with van der Waals surface area (Å²) in [4.78, 5) is 23.8. The fourth-order valence-corrected chi connectivity index (χ4v) is 6.55. The normalized spacial score (nSPS) is 36.8. The molecule has 4 saturated heterocycles. The fraction of sp³-hybridized carbons (Fsp3) is 0.478. The standard InChI is InChI=1S/C23H22ClN5O3/c1-12-7-14(4-3-13(12)10-25)29-20(30)18-19-21(29)31-6-5-23(19)15(9-22(18,2)32-23)28-17-8-16(24)26-11-27-17/h3-4,7-8,11,15,18-19,21H,5-6,9H2,1-2H3,(H,26,27,28)/t15-,18+,19-,21-,22+,23-/m0/s1. The van der Waals surface area contributed by atoms with Crippen molar-refractivity contribution in [2.75, 3.05) is 16.8 Å². The molecule has 9 heteroatoms. The van der Waals surface area contributed by atoms with Gasteiger partial charge in [-0.3, -0.25) is 9.69 Å². The molecule has 4 fully saturated rings. The van der Waals surface area contributed by atoms with Crippen molar-refractivity contribution in [2.45, 2.75) is 50.2 Å². The van der Waals surface area contributed by atoms with Crippen LogP contribution in [0.5, 0.6) is 0 Å². The van der Waals surface area contributed by atoms with Crippen molar-refractivity contribution in [3.05, 3.63) is 46.9 Å². The van der Waals surface area contributed by atoms with E-state index in [-0.39, 0.29) is 23.8 Å². The van der Waals surface area contributed by atoms with E-state index < -0.39 is 17.4 Å². The first-order valence-electron chi connectivity index (χ1n) is 10.8. The van der Waals surface area contributed by atoms with Gasteiger partial charge in [-0.15, -0.1) is 0 Å². The number of rotatable bonds is 3. The molecule has 4 aliphatic rings. The van der Waals surface area contributed by atoms with Crippen molar-refractivity contribution in [1.29, 1.82) is 5.26 Å². The van der Waals surface area contributed by atoms with Gasteiger partial charge in [0.2, 0.25) is 5.91 Å². The third kappa shape index (κ3) is 2.53. The number of nitrogens with zero attached hydrogens (tertiary/aromatic N) is 4. The Morgan fingerprint density at radius 3 is 2.94 bits per heavy atom. The number of anilines is 2. The molecule has 0 aliphatic carbocycles. The molecule has 2 bridgehead atoms. The molecular weight excluding hydrogens is 430 g/mol. The van der Waals surface area contributed by atoms with E-state index in [1.54, 1.807) is 17.0 Å². The molecule has 1 aromatic heterocycles. The van der Waals surface area contributed by atoms with Crippen LogP contribution in [0.2, 0.25) is 5.15 Å². The summed E-state index contributed by atoms with van der Waals surface area (Å²) in [6.45, 7) is 4.41. The maximum absolute atomic E-state index is 13.7. The van der Waals surface area contributed by atoms with Crippen LogP contribution in [0, 0.1) is 30.1 Å². The van der Waals surface area contributed by atoms with Crippen molar-refractivity contribution in [2.24, 2.45) is 11.8 Å². The van der Waals surface area contributed by atoms with Crippen LogP contribution in [-0.4, -0.2) is 46.0 Å². The van der Waals surface area contributed by atoms with Crippen LogP contribution in [0.1, 0.15) is 30.9 Å². The minimum absolute atomic E-state index is 0.0263. The SMILES string of the molecule is Cc1cc(N2C(=O)[C@H]3[C@H]4[C@@H]2OCC[C@@]42O[C@]3(C)C[C@@H]2Nc2cc(Cl)ncn2)ccc1C#N. The summed E-state index contributed by atoms with van der Waals surface area (Å²) in [6, 6.07) is 9.35. The van der Waals surface area contributed by atoms with Gasteiger partial charge in [0, 0.05) is 18.2 Å². The number of hydrogen-bond donors (Lipinski definition) is 1. The molecule has 1 amide bonds. The average Bonchev–Trinajstić information content (AvgIpc) is 3.32. The van der Waals surface area contributed by atoms with Gasteiger partial charge in [-0.05, 0) is 44.0 Å². The number of aryl methyl sites for hydroxylation is 1. The van der Waals surface area contributed by atoms with Crippen molar-refractivity contribution >= 4 is 29.0 Å². The number of amides is 1. The Morgan fingerprint density at radius 1 is 1.34 bits per heavy atom. The maximum atomic E-state index is 13.7. The first-order chi connectivity index (χ1) is 15.4. The lowest BCUT2D eigenvalue weighted by molar-refractivity contribution is -0.141. The van der Waals surface area contributed by atoms with Gasteiger partial charge in [-0.25, -0.2) is 9.97 Å². The first-order valence-corrected chi connectivity index (χ1v) is 11.1. The smallest absolute Gasteiger partial charge is 0.235 e. The van der Waals surface area contributed by atoms with Gasteiger partial charge in [0.1, 0.15) is 23.5 Å². The third-order valence-electron chi connectivity index (χ3n) is 7.61. The number of halogens is 1. The molecule has 0 radical (unpaired) electrons. The summed E-state index contributed by atoms with van der Waals surface area (Å²) in [5.41, 5.74) is 1.07. The lowest BCUT2D eigenvalue weighted by atomic mass is 9.64. The molecule has 1 spiro atoms. The molecule has 8 nitrogen and oxygen atoms in total. The fourth-order valence-electron chi connectivity index (χ4n) is 6.41. The summed E-state index contributed by atoms with van der Waals surface area (Å²) >= 11 is 6.06. The predicted octanol–water partition coefficient (Wildman–Crippen LogP) is 3.05. The van der Waals surface area contributed by atoms with Crippen LogP contribution in [0.25, 0.3) is 0 Å². The second-order valence-electron chi connectivity index (χ2n) is 9.33. The van der Waals surface area contributed by atoms with E-state index in [9.17, 15) is 10.1 Å². The van der Waals surface area contributed by atoms with E-state index in [2.05, 4.69) is 21.4 Å². The molecule has 164 valence electrons. The van der Waals surface area contributed by atoms with E-state index >= 15 is 0 Å². The number of ether oxygens (including phenoxy) is 2. The number of hydrogen-bond acceptors (Lipinski definition) is 7. The number of carbonyl (C=O) groups excluding carboxylic acids is 1. The Hall–Kier alpha value is -2.73. The van der Waals surface area contributed by atoms with E-state index in [1.807, 2.05) is 26.0 Å². The molecule has 5 heterocycles. The van der Waals surface area contributed by atoms with Gasteiger partial charge in [-0.1, -0.05) is 11.6 Å². The highest BCUT2D eigenvalue weighted by Crippen LogP contribution is 2.65. The van der Waals surface area contributed by atoms with Crippen LogP contribution in [0.15, 0.2) is 30.6 Å². The van der Waals surface area contributed by atoms with Gasteiger partial charge in [-0.2, -0.15) is 5.26 Å². The summed E-state index contributed by atoms with van der Waals surface area (Å²) in [6.07, 6.45) is 2.41. The highest BCUT2D eigenvalue weighted by atomic mass is 35.5. The van der Waals surface area contributed by atoms with Crippen molar-refractivity contribution < 1.29 is 14.3 Å². The number of fused-ring (bicyclic) bond motifs is 2. The number of aromatic nitrogens is 2. The van der Waals surface area contributed by atoms with Crippen molar-refractivity contribution in [3.8, 4) is 6.07 Å². The number of nitriles is 1. The van der Waals surface area contributed by atoms with Crippen LogP contribution in [0.3, 0.4) is 0 Å². The van der Waals surface area contributed by atoms with Crippen molar-refractivity contribution in [3.63, 3.8) is 0 Å². The molecule has 2 aromatic rings. The lowest BCUT2D eigenvalue weighted by Crippen LogP contribution is -2.59. The Balaban J connectivity index is 1.39. The van der Waals surface area contributed by atoms with Crippen LogP contribution in [0.4, 0.5) is 11.5 Å². The van der Waals surface area contributed by atoms with E-state index in [4.69, 9.17) is 21.1 Å². The lowest BCUT2D eigenvalue weighted by Gasteiger charge is -2.45. The van der Waals surface area contributed by atoms with E-state index in [0.29, 0.717) is 36.0 Å². The van der Waals surface area contributed by atoms with Gasteiger partial charge in [0.15, 0.2) is 0 Å². The molecular formula is C23H22ClN5O3. The zero-order valence-corrected chi connectivity index (χ0v) is 18.5. The Bertz CT molecular complexity index is 1180. The maximum Gasteiger partial charge on any atom is 0.235 e. The zero-order chi connectivity index (χ0) is 22.3. The average molecular weight is 452 g/mol. The second-order valence-corrected chi connectivity index (χ2v) is 9.72. The molecule has 1 aromatic carbocycles. The van der Waals surface area contributed by atoms with Crippen LogP contribution >= 0.6 is 11.6 Å². The highest BCUT2D eigenvalue weighted by molar-refractivity contribution is 6.29. The quantitative estimate of drug-likeness (QED) is 0.716. The van der Waals surface area contributed by atoms with E-state index in [0.717, 1.165) is 11.3 Å². The minimum Gasteiger partial charge on any atom is -0.365 e. The van der Waals surface area contributed by atoms with Crippen LogP contribution < -0.4 is 10.2 Å². The Kier molecular flexibility index (Phi) is 4.13. The Labute approximate surface area is 190 Å². The van der Waals surface area contributed by atoms with Crippen LogP contribution in [-0.2, 0) is 14.3 Å². The van der Waals surface area contributed by atoms with Gasteiger partial charge < -0.3 is 14.8 Å². The molecule has 6 rings (SSSR count). The Morgan fingerprint density at radius 2 is 2.19 bits per heavy atom. The zero-order valence-electron chi connectivity index (χ0n) is 17.7. The second kappa shape index (κ2) is 6.64. The summed E-state index contributed by atoms with van der Waals surface area (Å²) < 4.78 is 12.9. The molecule has 6 atom stereocenters. The molecule has 0 unspecified atom stereocenters. The molecule has 1 N–H and O–H groups in total. The summed E-state index contributed by atoms with van der Waals surface area (Å²) in [5.74, 6) is 0.288. The molecule has 0 saturated carbocycles. The highest BCUT2D eigenvalue weighted by Gasteiger charge is 2.78.